The van der Waals surface area contributed by atoms with Crippen molar-refractivity contribution in [2.24, 2.45) is 0 Å². The van der Waals surface area contributed by atoms with Crippen molar-refractivity contribution < 1.29 is 19.4 Å². The van der Waals surface area contributed by atoms with Gasteiger partial charge >= 0.3 is 0 Å². The number of Topliss-reactive ketones (excluding diaryl/α,β-unsaturated/α-hetero) is 1. The van der Waals surface area contributed by atoms with Crippen molar-refractivity contribution in [1.29, 1.82) is 0 Å². The fraction of sp³-hybridized carbons (Fsp3) is 0.250. The largest absolute Gasteiger partial charge is 0.507 e. The fourth-order valence-corrected chi connectivity index (χ4v) is 4.42. The molecular formula is C28H28N2O4. The summed E-state index contributed by atoms with van der Waals surface area (Å²) in [6.07, 6.45) is 3.25. The minimum Gasteiger partial charge on any atom is -0.507 e. The lowest BCUT2D eigenvalue weighted by Gasteiger charge is -2.27. The first-order valence-electron chi connectivity index (χ1n) is 11.2. The van der Waals surface area contributed by atoms with Crippen LogP contribution in [0, 0.1) is 13.8 Å². The second-order valence-corrected chi connectivity index (χ2v) is 8.79. The number of rotatable bonds is 5. The first kappa shape index (κ1) is 23.2. The van der Waals surface area contributed by atoms with E-state index in [9.17, 15) is 14.7 Å². The van der Waals surface area contributed by atoms with Crippen molar-refractivity contribution in [3.05, 3.63) is 94.3 Å². The Morgan fingerprint density at radius 2 is 1.85 bits per heavy atom. The number of anilines is 1. The number of methoxy groups -OCH3 is 1. The van der Waals surface area contributed by atoms with E-state index in [0.717, 1.165) is 16.7 Å². The van der Waals surface area contributed by atoms with Crippen LogP contribution in [0.2, 0.25) is 0 Å². The number of nitrogens with zero attached hydrogens (tertiary/aromatic N) is 2. The third-order valence-corrected chi connectivity index (χ3v) is 6.41. The van der Waals surface area contributed by atoms with Gasteiger partial charge in [0.2, 0.25) is 0 Å². The van der Waals surface area contributed by atoms with E-state index in [1.165, 1.54) is 4.90 Å². The molecule has 1 amide bonds. The Hall–Kier alpha value is -3.93. The van der Waals surface area contributed by atoms with Crippen molar-refractivity contribution in [2.45, 2.75) is 39.7 Å². The second-order valence-electron chi connectivity index (χ2n) is 8.79. The van der Waals surface area contributed by atoms with Crippen LogP contribution >= 0.6 is 0 Å². The van der Waals surface area contributed by atoms with E-state index in [-0.39, 0.29) is 17.3 Å². The third-order valence-electron chi connectivity index (χ3n) is 6.41. The molecule has 3 aromatic rings. The summed E-state index contributed by atoms with van der Waals surface area (Å²) in [6.45, 7) is 7.93. The molecule has 2 heterocycles. The highest BCUT2D eigenvalue weighted by Crippen LogP contribution is 2.43. The number of ether oxygens (including phenoxy) is 1. The van der Waals surface area contributed by atoms with Gasteiger partial charge in [-0.25, -0.2) is 0 Å². The summed E-state index contributed by atoms with van der Waals surface area (Å²) in [5.74, 6) is -0.791. The summed E-state index contributed by atoms with van der Waals surface area (Å²) < 4.78 is 5.46. The standard InChI is InChI=1S/C28H28N2O4/c1-16(2)21-14-19(11-12-23(21)34-5)26(31)24-25(20-9-7-13-29-15-20)30(28(33)27(24)32)22-10-6-8-17(3)18(22)4/h6-16,25,31H,1-5H3/b26-24+. The van der Waals surface area contributed by atoms with E-state index in [1.54, 1.807) is 37.7 Å². The maximum Gasteiger partial charge on any atom is 0.300 e. The number of pyridine rings is 1. The zero-order valence-electron chi connectivity index (χ0n) is 20.0. The number of carbonyl (C=O) groups excluding carboxylic acids is 2. The topological polar surface area (TPSA) is 79.7 Å². The lowest BCUT2D eigenvalue weighted by molar-refractivity contribution is -0.132. The van der Waals surface area contributed by atoms with E-state index in [0.29, 0.717) is 22.6 Å². The van der Waals surface area contributed by atoms with Crippen LogP contribution in [-0.2, 0) is 9.59 Å². The smallest absolute Gasteiger partial charge is 0.300 e. The van der Waals surface area contributed by atoms with Gasteiger partial charge in [-0.15, -0.1) is 0 Å². The average molecular weight is 457 g/mol. The quantitative estimate of drug-likeness (QED) is 0.313. The van der Waals surface area contributed by atoms with Crippen molar-refractivity contribution in [3.63, 3.8) is 0 Å². The Labute approximate surface area is 199 Å². The molecule has 34 heavy (non-hydrogen) atoms. The summed E-state index contributed by atoms with van der Waals surface area (Å²) in [7, 11) is 1.60. The normalized spacial score (nSPS) is 17.5. The lowest BCUT2D eigenvalue weighted by atomic mass is 9.93. The predicted molar refractivity (Wildman–Crippen MR) is 132 cm³/mol. The average Bonchev–Trinajstić information content (AvgIpc) is 3.10. The van der Waals surface area contributed by atoms with Gasteiger partial charge in [-0.3, -0.25) is 19.5 Å². The number of hydrogen-bond acceptors (Lipinski definition) is 5. The molecule has 0 saturated carbocycles. The highest BCUT2D eigenvalue weighted by Gasteiger charge is 2.47. The van der Waals surface area contributed by atoms with E-state index in [2.05, 4.69) is 4.98 Å². The second kappa shape index (κ2) is 9.14. The number of aliphatic hydroxyl groups is 1. The zero-order valence-corrected chi connectivity index (χ0v) is 20.0. The summed E-state index contributed by atoms with van der Waals surface area (Å²) in [6, 6.07) is 13.7. The number of aryl methyl sites for hydroxylation is 1. The Kier molecular flexibility index (Phi) is 6.24. The molecule has 4 rings (SSSR count). The summed E-state index contributed by atoms with van der Waals surface area (Å²) >= 11 is 0. The number of carbonyl (C=O) groups is 2. The van der Waals surface area contributed by atoms with Crippen molar-refractivity contribution in [2.75, 3.05) is 12.0 Å². The molecule has 0 aliphatic carbocycles. The van der Waals surface area contributed by atoms with Gasteiger partial charge in [0.15, 0.2) is 0 Å². The van der Waals surface area contributed by atoms with Gasteiger partial charge in [0, 0.05) is 23.6 Å². The highest BCUT2D eigenvalue weighted by molar-refractivity contribution is 6.51. The maximum absolute atomic E-state index is 13.4. The van der Waals surface area contributed by atoms with E-state index < -0.39 is 17.7 Å². The molecule has 1 fully saturated rings. The third kappa shape index (κ3) is 3.85. The Morgan fingerprint density at radius 1 is 1.09 bits per heavy atom. The molecule has 1 N–H and O–H groups in total. The predicted octanol–water partition coefficient (Wildman–Crippen LogP) is 5.46. The first-order chi connectivity index (χ1) is 16.3. The molecule has 1 saturated heterocycles. The highest BCUT2D eigenvalue weighted by atomic mass is 16.5. The van der Waals surface area contributed by atoms with Crippen LogP contribution in [0.25, 0.3) is 5.76 Å². The van der Waals surface area contributed by atoms with E-state index >= 15 is 0 Å². The van der Waals surface area contributed by atoms with Crippen LogP contribution in [0.5, 0.6) is 5.75 Å². The minimum absolute atomic E-state index is 0.0405. The molecule has 6 nitrogen and oxygen atoms in total. The van der Waals surface area contributed by atoms with Gasteiger partial charge in [-0.1, -0.05) is 32.0 Å². The number of hydrogen-bond donors (Lipinski definition) is 1. The number of aromatic nitrogens is 1. The molecule has 1 aliphatic heterocycles. The van der Waals surface area contributed by atoms with Crippen LogP contribution in [0.1, 0.15) is 53.6 Å². The molecule has 1 aromatic heterocycles. The Morgan fingerprint density at radius 3 is 2.50 bits per heavy atom. The number of benzene rings is 2. The summed E-state index contributed by atoms with van der Waals surface area (Å²) in [4.78, 5) is 32.4. The maximum atomic E-state index is 13.4. The summed E-state index contributed by atoms with van der Waals surface area (Å²) in [5, 5.41) is 11.4. The van der Waals surface area contributed by atoms with Crippen LogP contribution in [0.15, 0.2) is 66.5 Å². The molecule has 174 valence electrons. The van der Waals surface area contributed by atoms with Gasteiger partial charge in [-0.2, -0.15) is 0 Å². The number of aliphatic hydroxyl groups excluding tert-OH is 1. The Bertz CT molecular complexity index is 1300. The minimum atomic E-state index is -0.807. The zero-order chi connectivity index (χ0) is 24.6. The number of ketones is 1. The molecule has 1 aliphatic rings. The van der Waals surface area contributed by atoms with E-state index in [1.807, 2.05) is 58.0 Å². The monoisotopic (exact) mass is 456 g/mol. The van der Waals surface area contributed by atoms with Crippen molar-refractivity contribution in [3.8, 4) is 5.75 Å². The van der Waals surface area contributed by atoms with Gasteiger partial charge < -0.3 is 9.84 Å². The molecular weight excluding hydrogens is 428 g/mol. The van der Waals surface area contributed by atoms with Crippen LogP contribution in [0.4, 0.5) is 5.69 Å². The molecule has 0 radical (unpaired) electrons. The van der Waals surface area contributed by atoms with Crippen molar-refractivity contribution >= 4 is 23.1 Å². The molecule has 2 aromatic carbocycles. The molecule has 1 unspecified atom stereocenters. The van der Waals surface area contributed by atoms with Crippen LogP contribution in [-0.4, -0.2) is 28.9 Å². The van der Waals surface area contributed by atoms with Gasteiger partial charge in [0.05, 0.1) is 18.7 Å². The fourth-order valence-electron chi connectivity index (χ4n) is 4.42. The van der Waals surface area contributed by atoms with Crippen LogP contribution < -0.4 is 9.64 Å². The molecule has 6 heteroatoms. The lowest BCUT2D eigenvalue weighted by Crippen LogP contribution is -2.30. The van der Waals surface area contributed by atoms with E-state index in [4.69, 9.17) is 4.74 Å². The van der Waals surface area contributed by atoms with Gasteiger partial charge in [0.1, 0.15) is 11.5 Å². The molecule has 1 atom stereocenters. The van der Waals surface area contributed by atoms with Gasteiger partial charge in [0.25, 0.3) is 11.7 Å². The SMILES string of the molecule is COc1ccc(/C(O)=C2\C(=O)C(=O)N(c3cccc(C)c3C)C2c2cccnc2)cc1C(C)C. The van der Waals surface area contributed by atoms with Crippen molar-refractivity contribution in [1.82, 2.24) is 4.98 Å². The molecule has 0 bridgehead atoms. The van der Waals surface area contributed by atoms with Crippen LogP contribution in [0.3, 0.4) is 0 Å². The molecule has 0 spiro atoms. The Balaban J connectivity index is 1.97. The first-order valence-corrected chi connectivity index (χ1v) is 11.2. The number of amides is 1. The van der Waals surface area contributed by atoms with Gasteiger partial charge in [-0.05, 0) is 72.4 Å². The summed E-state index contributed by atoms with van der Waals surface area (Å²) in [5.41, 5.74) is 4.56.